The zero-order chi connectivity index (χ0) is 25.4. The minimum atomic E-state index is -1.38. The summed E-state index contributed by atoms with van der Waals surface area (Å²) < 4.78 is 40.8. The fourth-order valence-corrected chi connectivity index (χ4v) is 5.24. The van der Waals surface area contributed by atoms with Crippen LogP contribution in [0.25, 0.3) is 0 Å². The molecule has 9 heteroatoms. The molecule has 3 N–H and O–H groups in total. The lowest BCUT2D eigenvalue weighted by Gasteiger charge is -2.52. The molecule has 0 radical (unpaired) electrons. The lowest BCUT2D eigenvalue weighted by atomic mass is 9.71. The molecule has 0 saturated carbocycles. The number of carbonyl (C=O) groups excluding carboxylic acids is 1. The fraction of sp³-hybridized carbons (Fsp3) is 0.296. The van der Waals surface area contributed by atoms with Gasteiger partial charge >= 0.3 is 0 Å². The van der Waals surface area contributed by atoms with E-state index in [1.807, 2.05) is 4.90 Å². The topological polar surface area (TPSA) is 76.0 Å². The highest BCUT2D eigenvalue weighted by molar-refractivity contribution is 5.82. The maximum atomic E-state index is 13.8. The Hall–Kier alpha value is -3.72. The molecular weight excluding hydrogens is 471 g/mol. The van der Waals surface area contributed by atoms with E-state index in [0.717, 1.165) is 11.8 Å². The van der Waals surface area contributed by atoms with E-state index in [0.29, 0.717) is 44.0 Å². The van der Waals surface area contributed by atoms with Crippen LogP contribution in [0.3, 0.4) is 0 Å². The summed E-state index contributed by atoms with van der Waals surface area (Å²) >= 11 is 0. The van der Waals surface area contributed by atoms with E-state index < -0.39 is 23.6 Å². The van der Waals surface area contributed by atoms with E-state index in [-0.39, 0.29) is 22.9 Å². The number of hydrogen-bond donors (Lipinski definition) is 3. The Morgan fingerprint density at radius 3 is 2.22 bits per heavy atom. The Labute approximate surface area is 206 Å². The van der Waals surface area contributed by atoms with Crippen LogP contribution in [-0.4, -0.2) is 53.7 Å². The number of carbonyl (C=O) groups is 1. The van der Waals surface area contributed by atoms with Crippen molar-refractivity contribution in [2.75, 3.05) is 42.9 Å². The van der Waals surface area contributed by atoms with E-state index in [1.165, 1.54) is 48.5 Å². The van der Waals surface area contributed by atoms with Crippen LogP contribution in [-0.2, 0) is 4.79 Å². The number of amides is 1. The second-order valence-corrected chi connectivity index (χ2v) is 9.64. The minimum Gasteiger partial charge on any atom is -0.508 e. The smallest absolute Gasteiger partial charge is 0.256 e. The number of halogens is 3. The highest BCUT2D eigenvalue weighted by Gasteiger charge is 2.55. The molecule has 2 heterocycles. The Bertz CT molecular complexity index is 1230. The molecule has 5 rings (SSSR count). The molecule has 0 bridgehead atoms. The van der Waals surface area contributed by atoms with Gasteiger partial charge in [0.25, 0.3) is 5.91 Å². The van der Waals surface area contributed by atoms with Crippen molar-refractivity contribution in [2.24, 2.45) is 11.3 Å². The summed E-state index contributed by atoms with van der Waals surface area (Å²) in [6.45, 7) is 2.24. The van der Waals surface area contributed by atoms with E-state index >= 15 is 0 Å². The average molecular weight is 498 g/mol. The van der Waals surface area contributed by atoms with Gasteiger partial charge in [-0.2, -0.15) is 0 Å². The number of hydrogen-bond acceptors (Lipinski definition) is 5. The maximum absolute atomic E-state index is 13.8. The third-order valence-corrected chi connectivity index (χ3v) is 7.19. The van der Waals surface area contributed by atoms with Crippen LogP contribution >= 0.6 is 0 Å². The van der Waals surface area contributed by atoms with Gasteiger partial charge in [-0.1, -0.05) is 12.1 Å². The first-order valence-corrected chi connectivity index (χ1v) is 11.7. The van der Waals surface area contributed by atoms with Gasteiger partial charge in [0, 0.05) is 61.5 Å². The van der Waals surface area contributed by atoms with Crippen LogP contribution in [0.15, 0.2) is 66.7 Å². The molecule has 0 aliphatic carbocycles. The van der Waals surface area contributed by atoms with E-state index in [4.69, 9.17) is 0 Å². The molecule has 36 heavy (non-hydrogen) atoms. The van der Waals surface area contributed by atoms with Gasteiger partial charge in [-0.3, -0.25) is 4.79 Å². The lowest BCUT2D eigenvalue weighted by molar-refractivity contribution is -0.140. The summed E-state index contributed by atoms with van der Waals surface area (Å²) in [7, 11) is 0. The second-order valence-electron chi connectivity index (χ2n) is 9.64. The van der Waals surface area contributed by atoms with E-state index in [2.05, 4.69) is 5.32 Å². The Balaban J connectivity index is 1.33. The van der Waals surface area contributed by atoms with Gasteiger partial charge in [0.15, 0.2) is 6.10 Å². The molecule has 2 saturated heterocycles. The minimum absolute atomic E-state index is 0.0202. The molecule has 2 fully saturated rings. The van der Waals surface area contributed by atoms with Gasteiger partial charge in [0.1, 0.15) is 23.2 Å². The standard InChI is InChI=1S/C27H26F3N3O3/c28-19-3-5-22(6-4-19)31-12-18-13-32(26(36)25(35)17-1-7-24(34)8-2-17)14-27(18)15-33(16-27)23-10-20(29)9-21(30)11-23/h1-11,18,25,31,34-35H,12-16H2/t18?,25-/m0/s1. The van der Waals surface area contributed by atoms with Crippen LogP contribution in [0.4, 0.5) is 24.5 Å². The average Bonchev–Trinajstić information content (AvgIpc) is 3.21. The van der Waals surface area contributed by atoms with Crippen molar-refractivity contribution in [1.82, 2.24) is 4.90 Å². The molecule has 3 aromatic carbocycles. The third kappa shape index (κ3) is 4.70. The van der Waals surface area contributed by atoms with Gasteiger partial charge in [-0.15, -0.1) is 0 Å². The number of likely N-dealkylation sites (tertiary alicyclic amines) is 1. The summed E-state index contributed by atoms with van der Waals surface area (Å²) in [6.07, 6.45) is -1.38. The number of rotatable bonds is 6. The number of nitrogens with zero attached hydrogens (tertiary/aromatic N) is 2. The van der Waals surface area contributed by atoms with Crippen LogP contribution in [0.5, 0.6) is 5.75 Å². The maximum Gasteiger partial charge on any atom is 0.256 e. The van der Waals surface area contributed by atoms with Crippen molar-refractivity contribution >= 4 is 17.3 Å². The zero-order valence-corrected chi connectivity index (χ0v) is 19.4. The molecular formula is C27H26F3N3O3. The van der Waals surface area contributed by atoms with Crippen molar-refractivity contribution in [3.63, 3.8) is 0 Å². The van der Waals surface area contributed by atoms with Crippen molar-refractivity contribution < 1.29 is 28.2 Å². The van der Waals surface area contributed by atoms with Crippen LogP contribution in [0, 0.1) is 28.8 Å². The Morgan fingerprint density at radius 2 is 1.58 bits per heavy atom. The van der Waals surface area contributed by atoms with E-state index in [1.54, 1.807) is 17.0 Å². The summed E-state index contributed by atoms with van der Waals surface area (Å²) in [5, 5.41) is 23.5. The number of aromatic hydroxyl groups is 1. The van der Waals surface area contributed by atoms with Gasteiger partial charge < -0.3 is 25.3 Å². The number of aliphatic hydroxyl groups excluding tert-OH is 1. The predicted octanol–water partition coefficient (Wildman–Crippen LogP) is 3.92. The van der Waals surface area contributed by atoms with Crippen molar-refractivity contribution in [2.45, 2.75) is 6.10 Å². The number of phenols is 1. The summed E-state index contributed by atoms with van der Waals surface area (Å²) in [5.41, 5.74) is 1.21. The Kier molecular flexibility index (Phi) is 6.26. The summed E-state index contributed by atoms with van der Waals surface area (Å²) in [5.74, 6) is -2.07. The highest BCUT2D eigenvalue weighted by atomic mass is 19.1. The molecule has 2 aliphatic heterocycles. The number of nitrogens with one attached hydrogen (secondary N) is 1. The molecule has 1 unspecified atom stereocenters. The van der Waals surface area contributed by atoms with Gasteiger partial charge in [0.05, 0.1) is 0 Å². The Morgan fingerprint density at radius 1 is 0.944 bits per heavy atom. The lowest BCUT2D eigenvalue weighted by Crippen LogP contribution is -2.61. The number of benzene rings is 3. The number of phenolic OH excluding ortho intramolecular Hbond substituents is 1. The molecule has 6 nitrogen and oxygen atoms in total. The quantitative estimate of drug-likeness (QED) is 0.482. The van der Waals surface area contributed by atoms with Crippen LogP contribution in [0.1, 0.15) is 11.7 Å². The highest BCUT2D eigenvalue weighted by Crippen LogP contribution is 2.46. The molecule has 2 aliphatic rings. The predicted molar refractivity (Wildman–Crippen MR) is 129 cm³/mol. The first-order valence-electron chi connectivity index (χ1n) is 11.7. The molecule has 3 aromatic rings. The monoisotopic (exact) mass is 497 g/mol. The van der Waals surface area contributed by atoms with Gasteiger partial charge in [-0.25, -0.2) is 13.2 Å². The van der Waals surface area contributed by atoms with Crippen LogP contribution < -0.4 is 10.2 Å². The van der Waals surface area contributed by atoms with Crippen molar-refractivity contribution in [3.05, 3.63) is 89.7 Å². The molecule has 1 spiro atoms. The van der Waals surface area contributed by atoms with Gasteiger partial charge in [-0.05, 0) is 54.1 Å². The first-order chi connectivity index (χ1) is 17.2. The summed E-state index contributed by atoms with van der Waals surface area (Å²) in [4.78, 5) is 16.7. The number of anilines is 2. The van der Waals surface area contributed by atoms with Gasteiger partial charge in [0.2, 0.25) is 0 Å². The fourth-order valence-electron chi connectivity index (χ4n) is 5.24. The molecule has 188 valence electrons. The zero-order valence-electron chi connectivity index (χ0n) is 19.4. The third-order valence-electron chi connectivity index (χ3n) is 7.19. The summed E-state index contributed by atoms with van der Waals surface area (Å²) in [6, 6.07) is 15.2. The van der Waals surface area contributed by atoms with Crippen LogP contribution in [0.2, 0.25) is 0 Å². The first kappa shape index (κ1) is 24.0. The van der Waals surface area contributed by atoms with Crippen molar-refractivity contribution in [1.29, 1.82) is 0 Å². The normalized spacial score (nSPS) is 19.3. The molecule has 0 aromatic heterocycles. The second kappa shape index (κ2) is 9.39. The SMILES string of the molecule is O=C([C@@H](O)c1ccc(O)cc1)N1CC(CNc2ccc(F)cc2)C2(C1)CN(c1cc(F)cc(F)c1)C2. The molecule has 1 amide bonds. The largest absolute Gasteiger partial charge is 0.508 e. The molecule has 2 atom stereocenters. The van der Waals surface area contributed by atoms with Crippen molar-refractivity contribution in [3.8, 4) is 5.75 Å². The van der Waals surface area contributed by atoms with E-state index in [9.17, 15) is 28.2 Å². The number of aliphatic hydroxyl groups is 1.